The molecule has 0 saturated heterocycles. The van der Waals surface area contributed by atoms with Gasteiger partial charge in [-0.3, -0.25) is 0 Å². The van der Waals surface area contributed by atoms with Crippen LogP contribution in [0.4, 0.5) is 5.69 Å². The highest BCUT2D eigenvalue weighted by molar-refractivity contribution is 9.10. The highest BCUT2D eigenvalue weighted by atomic mass is 79.9. The van der Waals surface area contributed by atoms with Crippen LogP contribution in [-0.4, -0.2) is 6.61 Å². The Morgan fingerprint density at radius 3 is 2.65 bits per heavy atom. The molecule has 0 fully saturated rings. The number of nitrogens with one attached hydrogen (secondary N) is 1. The minimum absolute atomic E-state index is 0.602. The zero-order chi connectivity index (χ0) is 14.5. The highest BCUT2D eigenvalue weighted by Crippen LogP contribution is 2.28. The average Bonchev–Trinajstić information content (AvgIpc) is 2.41. The molecule has 0 heterocycles. The summed E-state index contributed by atoms with van der Waals surface area (Å²) in [5.41, 5.74) is 1.91. The van der Waals surface area contributed by atoms with E-state index >= 15 is 0 Å². The van der Waals surface area contributed by atoms with E-state index < -0.39 is 0 Å². The molecule has 5 heteroatoms. The molecular formula is C15H14BrCl2NO. The summed E-state index contributed by atoms with van der Waals surface area (Å²) in [7, 11) is 0. The van der Waals surface area contributed by atoms with E-state index in [-0.39, 0.29) is 0 Å². The zero-order valence-corrected chi connectivity index (χ0v) is 14.0. The monoisotopic (exact) mass is 373 g/mol. The van der Waals surface area contributed by atoms with E-state index in [4.69, 9.17) is 27.9 Å². The highest BCUT2D eigenvalue weighted by Gasteiger charge is 2.06. The van der Waals surface area contributed by atoms with Gasteiger partial charge in [-0.15, -0.1) is 0 Å². The normalized spacial score (nSPS) is 10.4. The van der Waals surface area contributed by atoms with Crippen LogP contribution < -0.4 is 10.1 Å². The first-order valence-electron chi connectivity index (χ1n) is 6.20. The minimum atomic E-state index is 0.602. The molecule has 0 aliphatic carbocycles. The van der Waals surface area contributed by atoms with Crippen molar-refractivity contribution < 1.29 is 4.74 Å². The van der Waals surface area contributed by atoms with Gasteiger partial charge in [0.05, 0.1) is 17.3 Å². The third kappa shape index (κ3) is 4.05. The van der Waals surface area contributed by atoms with Gasteiger partial charge in [-0.1, -0.05) is 39.1 Å². The number of anilines is 1. The predicted molar refractivity (Wildman–Crippen MR) is 89.1 cm³/mol. The zero-order valence-electron chi connectivity index (χ0n) is 10.9. The molecule has 2 nitrogen and oxygen atoms in total. The molecule has 0 unspecified atom stereocenters. The molecule has 0 amide bonds. The van der Waals surface area contributed by atoms with Crippen molar-refractivity contribution in [1.82, 2.24) is 0 Å². The molecule has 0 spiro atoms. The van der Waals surface area contributed by atoms with E-state index in [0.29, 0.717) is 23.2 Å². The average molecular weight is 375 g/mol. The van der Waals surface area contributed by atoms with Crippen LogP contribution in [0.3, 0.4) is 0 Å². The second kappa shape index (κ2) is 7.21. The SMILES string of the molecule is CCOc1ccc(Br)cc1CNc1ccc(Cl)cc1Cl. The van der Waals surface area contributed by atoms with E-state index in [1.165, 1.54) is 0 Å². The summed E-state index contributed by atoms with van der Waals surface area (Å²) < 4.78 is 6.63. The lowest BCUT2D eigenvalue weighted by atomic mass is 10.2. The van der Waals surface area contributed by atoms with Gasteiger partial charge < -0.3 is 10.1 Å². The van der Waals surface area contributed by atoms with Crippen LogP contribution in [0, 0.1) is 0 Å². The summed E-state index contributed by atoms with van der Waals surface area (Å²) in [6.07, 6.45) is 0. The maximum Gasteiger partial charge on any atom is 0.124 e. The van der Waals surface area contributed by atoms with Crippen molar-refractivity contribution in [2.45, 2.75) is 13.5 Å². The van der Waals surface area contributed by atoms with Crippen molar-refractivity contribution >= 4 is 44.8 Å². The molecule has 20 heavy (non-hydrogen) atoms. The van der Waals surface area contributed by atoms with E-state index in [0.717, 1.165) is 21.5 Å². The predicted octanol–water partition coefficient (Wildman–Crippen LogP) is 5.77. The van der Waals surface area contributed by atoms with E-state index in [1.54, 1.807) is 12.1 Å². The number of benzene rings is 2. The van der Waals surface area contributed by atoms with Gasteiger partial charge in [-0.05, 0) is 43.3 Å². The Morgan fingerprint density at radius 2 is 1.95 bits per heavy atom. The molecule has 2 aromatic carbocycles. The Kier molecular flexibility index (Phi) is 5.58. The minimum Gasteiger partial charge on any atom is -0.494 e. The van der Waals surface area contributed by atoms with Gasteiger partial charge in [0.2, 0.25) is 0 Å². The van der Waals surface area contributed by atoms with Gasteiger partial charge in [-0.25, -0.2) is 0 Å². The van der Waals surface area contributed by atoms with Crippen LogP contribution in [0.15, 0.2) is 40.9 Å². The third-order valence-corrected chi connectivity index (χ3v) is 3.76. The van der Waals surface area contributed by atoms with E-state index in [1.807, 2.05) is 31.2 Å². The van der Waals surface area contributed by atoms with Gasteiger partial charge in [0.25, 0.3) is 0 Å². The number of hydrogen-bond donors (Lipinski definition) is 1. The van der Waals surface area contributed by atoms with Crippen molar-refractivity contribution in [3.8, 4) is 5.75 Å². The topological polar surface area (TPSA) is 21.3 Å². The second-order valence-electron chi connectivity index (χ2n) is 4.16. The van der Waals surface area contributed by atoms with Gasteiger partial charge in [0.15, 0.2) is 0 Å². The van der Waals surface area contributed by atoms with E-state index in [9.17, 15) is 0 Å². The van der Waals surface area contributed by atoms with Crippen LogP contribution in [0.25, 0.3) is 0 Å². The van der Waals surface area contributed by atoms with E-state index in [2.05, 4.69) is 21.2 Å². The molecule has 0 aromatic heterocycles. The van der Waals surface area contributed by atoms with Crippen LogP contribution >= 0.6 is 39.1 Å². The first-order chi connectivity index (χ1) is 9.60. The maximum absolute atomic E-state index is 6.14. The fourth-order valence-corrected chi connectivity index (χ4v) is 2.69. The first kappa shape index (κ1) is 15.5. The number of hydrogen-bond acceptors (Lipinski definition) is 2. The molecule has 0 aliphatic heterocycles. The molecular weight excluding hydrogens is 361 g/mol. The van der Waals surface area contributed by atoms with Crippen LogP contribution in [-0.2, 0) is 6.54 Å². The number of ether oxygens (including phenoxy) is 1. The molecule has 2 rings (SSSR count). The third-order valence-electron chi connectivity index (χ3n) is 2.72. The van der Waals surface area contributed by atoms with Gasteiger partial charge >= 0.3 is 0 Å². The molecule has 0 aliphatic rings. The Bertz CT molecular complexity index is 604. The lowest BCUT2D eigenvalue weighted by Crippen LogP contribution is -2.03. The van der Waals surface area contributed by atoms with Crippen molar-refractivity contribution in [1.29, 1.82) is 0 Å². The van der Waals surface area contributed by atoms with Crippen molar-refractivity contribution in [2.24, 2.45) is 0 Å². The van der Waals surface area contributed by atoms with Gasteiger partial charge in [-0.2, -0.15) is 0 Å². The summed E-state index contributed by atoms with van der Waals surface area (Å²) in [4.78, 5) is 0. The first-order valence-corrected chi connectivity index (χ1v) is 7.75. The molecule has 2 aromatic rings. The van der Waals surface area contributed by atoms with Crippen molar-refractivity contribution in [3.05, 3.63) is 56.5 Å². The molecule has 0 radical (unpaired) electrons. The number of rotatable bonds is 5. The lowest BCUT2D eigenvalue weighted by Gasteiger charge is -2.13. The second-order valence-corrected chi connectivity index (χ2v) is 5.92. The summed E-state index contributed by atoms with van der Waals surface area (Å²) in [5, 5.41) is 4.52. The van der Waals surface area contributed by atoms with Crippen LogP contribution in [0.2, 0.25) is 10.0 Å². The summed E-state index contributed by atoms with van der Waals surface area (Å²) in [5.74, 6) is 0.869. The Hall–Kier alpha value is -0.900. The Morgan fingerprint density at radius 1 is 1.15 bits per heavy atom. The smallest absolute Gasteiger partial charge is 0.124 e. The quantitative estimate of drug-likeness (QED) is 0.717. The molecule has 1 N–H and O–H groups in total. The van der Waals surface area contributed by atoms with Crippen molar-refractivity contribution in [2.75, 3.05) is 11.9 Å². The fourth-order valence-electron chi connectivity index (χ4n) is 1.81. The van der Waals surface area contributed by atoms with Gasteiger partial charge in [0, 0.05) is 21.6 Å². The summed E-state index contributed by atoms with van der Waals surface area (Å²) >= 11 is 15.5. The molecule has 0 atom stereocenters. The summed E-state index contributed by atoms with van der Waals surface area (Å²) in [6, 6.07) is 11.3. The standard InChI is InChI=1S/C15H14BrCl2NO/c1-2-20-15-6-3-11(16)7-10(15)9-19-14-5-4-12(17)8-13(14)18/h3-8,19H,2,9H2,1H3. The van der Waals surface area contributed by atoms with Crippen LogP contribution in [0.1, 0.15) is 12.5 Å². The van der Waals surface area contributed by atoms with Gasteiger partial charge in [0.1, 0.15) is 5.75 Å². The number of halogens is 3. The Labute approximate surface area is 137 Å². The fraction of sp³-hybridized carbons (Fsp3) is 0.200. The summed E-state index contributed by atoms with van der Waals surface area (Å²) in [6.45, 7) is 3.22. The molecule has 0 saturated carbocycles. The Balaban J connectivity index is 2.15. The lowest BCUT2D eigenvalue weighted by molar-refractivity contribution is 0.337. The molecule has 106 valence electrons. The maximum atomic E-state index is 6.14. The van der Waals surface area contributed by atoms with Crippen LogP contribution in [0.5, 0.6) is 5.75 Å². The largest absolute Gasteiger partial charge is 0.494 e. The molecule has 0 bridgehead atoms. The van der Waals surface area contributed by atoms with Crippen molar-refractivity contribution in [3.63, 3.8) is 0 Å².